The summed E-state index contributed by atoms with van der Waals surface area (Å²) in [7, 11) is 0. The summed E-state index contributed by atoms with van der Waals surface area (Å²) in [6.07, 6.45) is 0. The fourth-order valence-electron chi connectivity index (χ4n) is 1.33. The summed E-state index contributed by atoms with van der Waals surface area (Å²) in [6.45, 7) is 1.55. The first-order chi connectivity index (χ1) is 8.56. The normalized spacial score (nSPS) is 10.3. The van der Waals surface area contributed by atoms with Gasteiger partial charge in [-0.3, -0.25) is 0 Å². The molecule has 1 heterocycles. The molecule has 0 bridgehead atoms. The van der Waals surface area contributed by atoms with Crippen molar-refractivity contribution >= 4 is 5.97 Å². The second-order valence-electron chi connectivity index (χ2n) is 3.45. The highest BCUT2D eigenvalue weighted by molar-refractivity contribution is 5.90. The van der Waals surface area contributed by atoms with Crippen molar-refractivity contribution in [3.05, 3.63) is 41.4 Å². The van der Waals surface area contributed by atoms with E-state index in [9.17, 15) is 9.18 Å². The number of rotatable bonds is 4. The molecule has 1 aromatic carbocycles. The molecule has 7 heteroatoms. The molecule has 0 atom stereocenters. The minimum atomic E-state index is -1.27. The molecule has 0 saturated carbocycles. The number of halogens is 1. The van der Waals surface area contributed by atoms with Crippen LogP contribution in [0, 0.1) is 12.7 Å². The minimum Gasteiger partial charge on any atom is -0.483 e. The fourth-order valence-corrected chi connectivity index (χ4v) is 1.33. The molecule has 6 nitrogen and oxygen atoms in total. The first kappa shape index (κ1) is 12.0. The van der Waals surface area contributed by atoms with Crippen LogP contribution < -0.4 is 4.74 Å². The van der Waals surface area contributed by atoms with Crippen molar-refractivity contribution in [2.75, 3.05) is 0 Å². The van der Waals surface area contributed by atoms with Crippen LogP contribution in [-0.4, -0.2) is 21.3 Å². The molecule has 0 unspecified atom stereocenters. The molecule has 1 aromatic heterocycles. The number of nitrogens with zero attached hydrogens (tertiary/aromatic N) is 2. The second-order valence-corrected chi connectivity index (χ2v) is 3.45. The van der Waals surface area contributed by atoms with Gasteiger partial charge in [0.1, 0.15) is 17.1 Å². The maximum Gasteiger partial charge on any atom is 0.339 e. The molecule has 0 radical (unpaired) electrons. The third-order valence-corrected chi connectivity index (χ3v) is 2.09. The van der Waals surface area contributed by atoms with Gasteiger partial charge in [0.25, 0.3) is 5.89 Å². The molecular weight excluding hydrogens is 243 g/mol. The lowest BCUT2D eigenvalue weighted by Gasteiger charge is -2.06. The number of hydrogen-bond acceptors (Lipinski definition) is 5. The summed E-state index contributed by atoms with van der Waals surface area (Å²) in [5, 5.41) is 16.2. The molecule has 2 aromatic rings. The van der Waals surface area contributed by atoms with Crippen LogP contribution in [0.5, 0.6) is 5.75 Å². The van der Waals surface area contributed by atoms with E-state index in [1.807, 2.05) is 0 Å². The number of ether oxygens (including phenoxy) is 1. The van der Waals surface area contributed by atoms with Gasteiger partial charge in [0.2, 0.25) is 5.89 Å². The third kappa shape index (κ3) is 2.62. The van der Waals surface area contributed by atoms with Crippen LogP contribution in [0.2, 0.25) is 0 Å². The fraction of sp³-hybridized carbons (Fsp3) is 0.182. The Balaban J connectivity index is 2.16. The maximum atomic E-state index is 12.9. The predicted molar refractivity (Wildman–Crippen MR) is 56.7 cm³/mol. The van der Waals surface area contributed by atoms with Crippen molar-refractivity contribution in [3.8, 4) is 5.75 Å². The summed E-state index contributed by atoms with van der Waals surface area (Å²) < 4.78 is 23.2. The molecule has 0 aliphatic carbocycles. The van der Waals surface area contributed by atoms with Gasteiger partial charge >= 0.3 is 5.97 Å². The Labute approximate surface area is 101 Å². The van der Waals surface area contributed by atoms with E-state index < -0.39 is 11.8 Å². The van der Waals surface area contributed by atoms with Gasteiger partial charge in [-0.15, -0.1) is 10.2 Å². The van der Waals surface area contributed by atoms with Gasteiger partial charge in [0, 0.05) is 6.92 Å². The topological polar surface area (TPSA) is 85.5 Å². The Morgan fingerprint density at radius 3 is 2.89 bits per heavy atom. The van der Waals surface area contributed by atoms with Gasteiger partial charge in [-0.2, -0.15) is 0 Å². The van der Waals surface area contributed by atoms with Crippen molar-refractivity contribution in [3.63, 3.8) is 0 Å². The number of carboxylic acids is 1. The Kier molecular flexibility index (Phi) is 3.22. The van der Waals surface area contributed by atoms with Gasteiger partial charge in [0.05, 0.1) is 0 Å². The van der Waals surface area contributed by atoms with Crippen molar-refractivity contribution in [2.45, 2.75) is 13.5 Å². The van der Waals surface area contributed by atoms with Gasteiger partial charge in [0.15, 0.2) is 6.61 Å². The SMILES string of the molecule is Cc1nnc(COc2ccc(F)cc2C(=O)O)o1. The maximum absolute atomic E-state index is 12.9. The Bertz CT molecular complexity index is 582. The van der Waals surface area contributed by atoms with E-state index in [0.29, 0.717) is 5.89 Å². The zero-order chi connectivity index (χ0) is 13.1. The highest BCUT2D eigenvalue weighted by atomic mass is 19.1. The molecule has 0 amide bonds. The lowest BCUT2D eigenvalue weighted by molar-refractivity contribution is 0.0690. The number of aromatic carboxylic acids is 1. The molecule has 2 rings (SSSR count). The lowest BCUT2D eigenvalue weighted by atomic mass is 10.2. The second kappa shape index (κ2) is 4.82. The van der Waals surface area contributed by atoms with Crippen LogP contribution in [-0.2, 0) is 6.61 Å². The van der Waals surface area contributed by atoms with Gasteiger partial charge in [-0.1, -0.05) is 0 Å². The molecule has 94 valence electrons. The van der Waals surface area contributed by atoms with Crippen molar-refractivity contribution in [1.29, 1.82) is 0 Å². The molecule has 0 spiro atoms. The van der Waals surface area contributed by atoms with Crippen molar-refractivity contribution in [2.24, 2.45) is 0 Å². The molecule has 18 heavy (non-hydrogen) atoms. The van der Waals surface area contributed by atoms with E-state index in [1.54, 1.807) is 6.92 Å². The highest BCUT2D eigenvalue weighted by Crippen LogP contribution is 2.20. The Hall–Kier alpha value is -2.44. The van der Waals surface area contributed by atoms with E-state index in [1.165, 1.54) is 6.07 Å². The first-order valence-corrected chi connectivity index (χ1v) is 5.01. The summed E-state index contributed by atoms with van der Waals surface area (Å²) in [5.74, 6) is -1.28. The van der Waals surface area contributed by atoms with Crippen LogP contribution >= 0.6 is 0 Å². The highest BCUT2D eigenvalue weighted by Gasteiger charge is 2.13. The van der Waals surface area contributed by atoms with E-state index in [-0.39, 0.29) is 23.8 Å². The van der Waals surface area contributed by atoms with Gasteiger partial charge in [-0.05, 0) is 18.2 Å². The van der Waals surface area contributed by atoms with Crippen LogP contribution in [0.1, 0.15) is 22.1 Å². The monoisotopic (exact) mass is 252 g/mol. The lowest BCUT2D eigenvalue weighted by Crippen LogP contribution is -2.04. The number of aryl methyl sites for hydroxylation is 1. The molecular formula is C11H9FN2O4. The van der Waals surface area contributed by atoms with E-state index in [4.69, 9.17) is 14.3 Å². The third-order valence-electron chi connectivity index (χ3n) is 2.09. The molecule has 1 N–H and O–H groups in total. The molecule has 0 aliphatic rings. The number of hydrogen-bond donors (Lipinski definition) is 1. The van der Waals surface area contributed by atoms with E-state index in [2.05, 4.69) is 10.2 Å². The van der Waals surface area contributed by atoms with Crippen LogP contribution in [0.15, 0.2) is 22.6 Å². The van der Waals surface area contributed by atoms with Crippen LogP contribution in [0.25, 0.3) is 0 Å². The zero-order valence-corrected chi connectivity index (χ0v) is 9.38. The Morgan fingerprint density at radius 1 is 1.50 bits per heavy atom. The quantitative estimate of drug-likeness (QED) is 0.892. The van der Waals surface area contributed by atoms with E-state index in [0.717, 1.165) is 12.1 Å². The zero-order valence-electron chi connectivity index (χ0n) is 9.38. The first-order valence-electron chi connectivity index (χ1n) is 5.01. The van der Waals surface area contributed by atoms with Gasteiger partial charge in [-0.25, -0.2) is 9.18 Å². The Morgan fingerprint density at radius 2 is 2.28 bits per heavy atom. The molecule has 0 fully saturated rings. The predicted octanol–water partition coefficient (Wildman–Crippen LogP) is 1.79. The number of carbonyl (C=O) groups is 1. The number of aromatic nitrogens is 2. The van der Waals surface area contributed by atoms with Crippen LogP contribution in [0.4, 0.5) is 4.39 Å². The molecule has 0 aliphatic heterocycles. The van der Waals surface area contributed by atoms with E-state index >= 15 is 0 Å². The smallest absolute Gasteiger partial charge is 0.339 e. The molecule has 0 saturated heterocycles. The average Bonchev–Trinajstić information content (AvgIpc) is 2.73. The summed E-state index contributed by atoms with van der Waals surface area (Å²) >= 11 is 0. The standard InChI is InChI=1S/C11H9FN2O4/c1-6-13-14-10(18-6)5-17-9-3-2-7(12)4-8(9)11(15)16/h2-4H,5H2,1H3,(H,15,16). The summed E-state index contributed by atoms with van der Waals surface area (Å²) in [5.41, 5.74) is -0.258. The summed E-state index contributed by atoms with van der Waals surface area (Å²) in [4.78, 5) is 10.9. The van der Waals surface area contributed by atoms with Gasteiger partial charge < -0.3 is 14.3 Å². The average molecular weight is 252 g/mol. The largest absolute Gasteiger partial charge is 0.483 e. The summed E-state index contributed by atoms with van der Waals surface area (Å²) in [6, 6.07) is 3.24. The van der Waals surface area contributed by atoms with Crippen molar-refractivity contribution < 1.29 is 23.4 Å². The number of benzene rings is 1. The van der Waals surface area contributed by atoms with Crippen molar-refractivity contribution in [1.82, 2.24) is 10.2 Å². The number of carboxylic acid groups (broad SMARTS) is 1. The minimum absolute atomic E-state index is 0.0414. The van der Waals surface area contributed by atoms with Crippen LogP contribution in [0.3, 0.4) is 0 Å².